The van der Waals surface area contributed by atoms with Crippen LogP contribution in [0.4, 0.5) is 0 Å². The number of hydrogen-bond acceptors (Lipinski definition) is 3. The molecule has 22 heavy (non-hydrogen) atoms. The molecule has 2 unspecified atom stereocenters. The number of hydrogen-bond donors (Lipinski definition) is 1. The molecule has 1 aliphatic rings. The predicted molar refractivity (Wildman–Crippen MR) is 92.1 cm³/mol. The van der Waals surface area contributed by atoms with E-state index in [0.29, 0.717) is 11.4 Å². The molecule has 0 aromatic carbocycles. The Morgan fingerprint density at radius 2 is 2.18 bits per heavy atom. The maximum atomic E-state index is 12.5. The van der Waals surface area contributed by atoms with Gasteiger partial charge in [0.25, 0.3) is 0 Å². The van der Waals surface area contributed by atoms with E-state index < -0.39 is 14.8 Å². The number of primary sulfonamides is 1. The fourth-order valence-electron chi connectivity index (χ4n) is 2.97. The number of unbranched alkanes of at least 4 members (excludes halogenated alkanes) is 1. The second-order valence-corrected chi connectivity index (χ2v) is 8.53. The number of rotatable bonds is 5. The van der Waals surface area contributed by atoms with Crippen LogP contribution in [0.1, 0.15) is 39.4 Å². The minimum absolute atomic E-state index is 0. The van der Waals surface area contributed by atoms with Gasteiger partial charge in [-0.2, -0.15) is 0 Å². The zero-order chi connectivity index (χ0) is 15.7. The van der Waals surface area contributed by atoms with Gasteiger partial charge in [0.2, 0.25) is 10.0 Å². The molecule has 0 aliphatic heterocycles. The first-order valence-corrected chi connectivity index (χ1v) is 9.79. The van der Waals surface area contributed by atoms with Crippen LogP contribution in [0.25, 0.3) is 5.57 Å². The summed E-state index contributed by atoms with van der Waals surface area (Å²) in [6.07, 6.45) is 7.87. The molecule has 0 amide bonds. The van der Waals surface area contributed by atoms with Gasteiger partial charge in [0.1, 0.15) is 4.75 Å². The van der Waals surface area contributed by atoms with Gasteiger partial charge in [0.15, 0.2) is 0 Å². The number of sulfonamides is 1. The van der Waals surface area contributed by atoms with E-state index in [9.17, 15) is 8.42 Å². The molecule has 0 radical (unpaired) electrons. The number of halogens is 1. The summed E-state index contributed by atoms with van der Waals surface area (Å²) in [6.45, 7) is 3.95. The van der Waals surface area contributed by atoms with Gasteiger partial charge in [0.05, 0.1) is 9.90 Å². The molecule has 1 aliphatic carbocycles. The Bertz CT molecular complexity index is 687. The van der Waals surface area contributed by atoms with Gasteiger partial charge in [0, 0.05) is 0 Å². The van der Waals surface area contributed by atoms with Crippen LogP contribution in [0.15, 0.2) is 29.7 Å². The molecule has 2 atom stereocenters. The Labute approximate surface area is 155 Å². The monoisotopic (exact) mass is 353 g/mol. The summed E-state index contributed by atoms with van der Waals surface area (Å²) in [4.78, 5) is 0.804. The Balaban J connectivity index is 0.00000242. The summed E-state index contributed by atoms with van der Waals surface area (Å²) in [7, 11) is -3.77. The summed E-state index contributed by atoms with van der Waals surface area (Å²) in [5, 5.41) is 8.13. The molecule has 0 saturated heterocycles. The molecule has 0 fully saturated rings. The Morgan fingerprint density at radius 3 is 2.68 bits per heavy atom. The minimum atomic E-state index is -3.77. The summed E-state index contributed by atoms with van der Waals surface area (Å²) in [6, 6.07) is 1.79. The third-order valence-electron chi connectivity index (χ3n) is 4.13. The van der Waals surface area contributed by atoms with Crippen molar-refractivity contribution in [3.63, 3.8) is 0 Å². The van der Waals surface area contributed by atoms with Crippen LogP contribution in [0.2, 0.25) is 5.02 Å². The molecular weight excluding hydrogens is 333 g/mol. The first-order valence-electron chi connectivity index (χ1n) is 6.99. The number of thiophene rings is 1. The van der Waals surface area contributed by atoms with Gasteiger partial charge in [-0.15, -0.1) is 11.3 Å². The van der Waals surface area contributed by atoms with E-state index in [-0.39, 0.29) is 26.2 Å². The third kappa shape index (κ3) is 3.40. The molecule has 2 N–H and O–H groups in total. The van der Waals surface area contributed by atoms with Gasteiger partial charge < -0.3 is 1.43 Å². The molecule has 118 valence electrons. The molecule has 0 bridgehead atoms. The second-order valence-electron chi connectivity index (χ2n) is 5.39. The molecule has 3 nitrogen and oxygen atoms in total. The van der Waals surface area contributed by atoms with Gasteiger partial charge in [-0.3, -0.25) is 0 Å². The Morgan fingerprint density at radius 1 is 1.50 bits per heavy atom. The normalized spacial score (nSPS) is 24.7. The molecule has 1 aromatic rings. The second kappa shape index (κ2) is 7.70. The maximum Gasteiger partial charge on any atom is 1.00 e. The molecular formula is C15H21ClLiNO2S2. The quantitative estimate of drug-likeness (QED) is 0.812. The van der Waals surface area contributed by atoms with Crippen molar-refractivity contribution >= 4 is 38.5 Å². The van der Waals surface area contributed by atoms with Gasteiger partial charge >= 0.3 is 18.9 Å². The summed E-state index contributed by atoms with van der Waals surface area (Å²) in [5.74, 6) is -0.183. The first-order chi connectivity index (χ1) is 9.84. The van der Waals surface area contributed by atoms with Gasteiger partial charge in [-0.25, -0.2) is 13.6 Å². The molecule has 0 spiro atoms. The fraction of sp³-hybridized carbons (Fsp3) is 0.467. The Kier molecular flexibility index (Phi) is 7.01. The van der Waals surface area contributed by atoms with Crippen molar-refractivity contribution in [2.75, 3.05) is 0 Å². The largest absolute Gasteiger partial charge is 1.00 e. The van der Waals surface area contributed by atoms with E-state index in [0.717, 1.165) is 23.3 Å². The van der Waals surface area contributed by atoms with Crippen LogP contribution >= 0.6 is 22.9 Å². The van der Waals surface area contributed by atoms with Crippen LogP contribution in [0.3, 0.4) is 0 Å². The van der Waals surface area contributed by atoms with Crippen molar-refractivity contribution in [3.8, 4) is 0 Å². The zero-order valence-electron chi connectivity index (χ0n) is 14.2. The maximum absolute atomic E-state index is 12.5. The third-order valence-corrected chi connectivity index (χ3v) is 7.31. The molecule has 1 heterocycles. The van der Waals surface area contributed by atoms with Gasteiger partial charge in [-0.1, -0.05) is 56.5 Å². The van der Waals surface area contributed by atoms with Crippen LogP contribution in [0.5, 0.6) is 0 Å². The van der Waals surface area contributed by atoms with Crippen molar-refractivity contribution in [2.24, 2.45) is 11.1 Å². The summed E-state index contributed by atoms with van der Waals surface area (Å²) in [5.41, 5.74) is 0.730. The molecule has 0 saturated carbocycles. The Hall–Kier alpha value is -0.0226. The molecule has 2 rings (SSSR count). The average Bonchev–Trinajstić information content (AvgIpc) is 2.82. The van der Waals surface area contributed by atoms with Crippen LogP contribution < -0.4 is 24.0 Å². The van der Waals surface area contributed by atoms with Crippen molar-refractivity contribution in [1.82, 2.24) is 0 Å². The van der Waals surface area contributed by atoms with E-state index in [4.69, 9.17) is 16.7 Å². The number of nitrogens with two attached hydrogens (primary N) is 1. The van der Waals surface area contributed by atoms with E-state index >= 15 is 0 Å². The minimum Gasteiger partial charge on any atom is -1.00 e. The SMILES string of the molecule is CCCCC1(S(N)(=O)=O)C(c2sccc2Cl)=CC=CC1C.[H-].[Li+]. The van der Waals surface area contributed by atoms with Crippen LogP contribution in [-0.4, -0.2) is 13.2 Å². The molecule has 7 heteroatoms. The summed E-state index contributed by atoms with van der Waals surface area (Å²) >= 11 is 7.70. The smallest absolute Gasteiger partial charge is 1.00 e. The topological polar surface area (TPSA) is 60.2 Å². The fourth-order valence-corrected chi connectivity index (χ4v) is 5.81. The van der Waals surface area contributed by atoms with Crippen LogP contribution in [-0.2, 0) is 10.0 Å². The first kappa shape index (κ1) is 20.0. The van der Waals surface area contributed by atoms with Gasteiger partial charge in [-0.05, 0) is 29.4 Å². The predicted octanol–water partition coefficient (Wildman–Crippen LogP) is 1.32. The van der Waals surface area contributed by atoms with Crippen LogP contribution in [0, 0.1) is 5.92 Å². The van der Waals surface area contributed by atoms with Crippen molar-refractivity contribution < 1.29 is 28.7 Å². The van der Waals surface area contributed by atoms with Crippen molar-refractivity contribution in [1.29, 1.82) is 0 Å². The molecule has 1 aromatic heterocycles. The van der Waals surface area contributed by atoms with E-state index in [1.807, 2.05) is 37.5 Å². The van der Waals surface area contributed by atoms with Crippen molar-refractivity contribution in [2.45, 2.75) is 37.9 Å². The van der Waals surface area contributed by atoms with E-state index in [1.165, 1.54) is 11.3 Å². The average molecular weight is 354 g/mol. The van der Waals surface area contributed by atoms with Crippen molar-refractivity contribution in [3.05, 3.63) is 39.6 Å². The van der Waals surface area contributed by atoms with E-state index in [2.05, 4.69) is 0 Å². The van der Waals surface area contributed by atoms with E-state index in [1.54, 1.807) is 6.07 Å². The summed E-state index contributed by atoms with van der Waals surface area (Å²) < 4.78 is 23.9. The standard InChI is InChI=1S/C15H20ClNO2S2.Li.H/c1-3-4-9-15(21(17,18)19)11(2)6-5-7-12(15)14-13(16)8-10-20-14;;/h5-8,10-11H,3-4,9H2,1-2H3,(H2,17,18,19);;/q;+1;-1. The zero-order valence-corrected chi connectivity index (χ0v) is 15.6. The number of allylic oxidation sites excluding steroid dienone is 3.